The summed E-state index contributed by atoms with van der Waals surface area (Å²) in [6.07, 6.45) is 0.521. The average molecular weight is 419 g/mol. The molecule has 31 heavy (non-hydrogen) atoms. The van der Waals surface area contributed by atoms with Crippen LogP contribution in [0.25, 0.3) is 11.1 Å². The molecule has 1 saturated heterocycles. The zero-order valence-electron chi connectivity index (χ0n) is 17.6. The summed E-state index contributed by atoms with van der Waals surface area (Å²) in [5, 5.41) is 6.74. The molecule has 0 bridgehead atoms. The second-order valence-electron chi connectivity index (χ2n) is 7.66. The largest absolute Gasteiger partial charge is 0.497 e. The van der Waals surface area contributed by atoms with Crippen LogP contribution in [0.2, 0.25) is 0 Å². The number of methoxy groups -OCH3 is 1. The van der Waals surface area contributed by atoms with Crippen molar-refractivity contribution in [3.8, 4) is 16.9 Å². The topological polar surface area (TPSA) is 84.7 Å². The molecule has 0 aliphatic carbocycles. The molecule has 0 spiro atoms. The maximum atomic E-state index is 12.9. The highest BCUT2D eigenvalue weighted by Crippen LogP contribution is 2.28. The van der Waals surface area contributed by atoms with Gasteiger partial charge in [0.1, 0.15) is 5.75 Å². The van der Waals surface area contributed by atoms with Crippen LogP contribution in [0, 0.1) is 12.8 Å². The Labute approximate surface area is 181 Å². The van der Waals surface area contributed by atoms with Crippen molar-refractivity contribution in [3.05, 3.63) is 71.6 Å². The van der Waals surface area contributed by atoms with Crippen LogP contribution >= 0.6 is 0 Å². The number of carbonyl (C=O) groups is 2. The van der Waals surface area contributed by atoms with Crippen molar-refractivity contribution >= 4 is 11.8 Å². The van der Waals surface area contributed by atoms with E-state index in [9.17, 15) is 9.59 Å². The lowest BCUT2D eigenvalue weighted by atomic mass is 9.91. The third kappa shape index (κ3) is 4.60. The van der Waals surface area contributed by atoms with Crippen LogP contribution in [0.15, 0.2) is 59.1 Å². The molecule has 1 atom stereocenters. The van der Waals surface area contributed by atoms with Crippen LogP contribution in [-0.2, 0) is 11.2 Å². The third-order valence-electron chi connectivity index (χ3n) is 5.50. The highest BCUT2D eigenvalue weighted by Gasteiger charge is 2.30. The molecule has 7 heteroatoms. The fourth-order valence-electron chi connectivity index (χ4n) is 3.88. The Morgan fingerprint density at radius 1 is 1.23 bits per heavy atom. The van der Waals surface area contributed by atoms with Gasteiger partial charge in [0, 0.05) is 25.7 Å². The van der Waals surface area contributed by atoms with Gasteiger partial charge in [-0.2, -0.15) is 0 Å². The molecule has 1 aliphatic rings. The lowest BCUT2D eigenvalue weighted by Gasteiger charge is -2.22. The molecule has 2 amide bonds. The van der Waals surface area contributed by atoms with Gasteiger partial charge in [0.05, 0.1) is 18.7 Å². The first-order valence-electron chi connectivity index (χ1n) is 10.3. The van der Waals surface area contributed by atoms with E-state index < -0.39 is 0 Å². The summed E-state index contributed by atoms with van der Waals surface area (Å²) in [6.45, 7) is 2.93. The fraction of sp³-hybridized carbons (Fsp3) is 0.292. The molecular formula is C24H25N3O4. The summed E-state index contributed by atoms with van der Waals surface area (Å²) in [6, 6.07) is 17.5. The minimum absolute atomic E-state index is 0.0476. The van der Waals surface area contributed by atoms with E-state index in [0.29, 0.717) is 31.7 Å². The number of nitrogens with one attached hydrogen (secondary N) is 1. The molecule has 160 valence electrons. The Bertz CT molecular complexity index is 1070. The maximum Gasteiger partial charge on any atom is 0.292 e. The summed E-state index contributed by atoms with van der Waals surface area (Å²) >= 11 is 0. The standard InChI is InChI=1S/C24H25N3O4/c1-16-13-22(31-26-16)24(29)27-12-11-25-23(28)19(15-27)14-18-5-3-4-6-21(18)17-7-9-20(30-2)10-8-17/h3-10,13,19H,11-12,14-15H2,1-2H3,(H,25,28)/t19-/m1/s1. The van der Waals surface area contributed by atoms with Gasteiger partial charge in [-0.15, -0.1) is 0 Å². The molecule has 2 aromatic carbocycles. The quantitative estimate of drug-likeness (QED) is 0.687. The number of hydrogen-bond acceptors (Lipinski definition) is 5. The monoisotopic (exact) mass is 419 g/mol. The maximum absolute atomic E-state index is 12.9. The first-order valence-corrected chi connectivity index (χ1v) is 10.3. The third-order valence-corrected chi connectivity index (χ3v) is 5.50. The van der Waals surface area contributed by atoms with Gasteiger partial charge < -0.3 is 19.5 Å². The van der Waals surface area contributed by atoms with Crippen LogP contribution in [0.5, 0.6) is 5.75 Å². The lowest BCUT2D eigenvalue weighted by Crippen LogP contribution is -2.37. The van der Waals surface area contributed by atoms with Gasteiger partial charge in [0.2, 0.25) is 11.7 Å². The van der Waals surface area contributed by atoms with Crippen LogP contribution in [0.4, 0.5) is 0 Å². The second kappa shape index (κ2) is 9.04. The lowest BCUT2D eigenvalue weighted by molar-refractivity contribution is -0.124. The molecule has 4 rings (SSSR count). The summed E-state index contributed by atoms with van der Waals surface area (Å²) in [4.78, 5) is 27.3. The van der Waals surface area contributed by atoms with Crippen LogP contribution in [0.1, 0.15) is 21.8 Å². The summed E-state index contributed by atoms with van der Waals surface area (Å²) in [5.74, 6) is 0.333. The van der Waals surface area contributed by atoms with Crippen molar-refractivity contribution in [1.29, 1.82) is 0 Å². The van der Waals surface area contributed by atoms with Crippen molar-refractivity contribution in [2.45, 2.75) is 13.3 Å². The molecule has 7 nitrogen and oxygen atoms in total. The van der Waals surface area contributed by atoms with Gasteiger partial charge in [0.25, 0.3) is 5.91 Å². The van der Waals surface area contributed by atoms with E-state index in [2.05, 4.69) is 10.5 Å². The molecule has 0 radical (unpaired) electrons. The highest BCUT2D eigenvalue weighted by molar-refractivity contribution is 5.92. The molecule has 2 heterocycles. The number of ether oxygens (including phenoxy) is 1. The first kappa shape index (κ1) is 20.7. The molecule has 1 aliphatic heterocycles. The molecule has 3 aromatic rings. The Balaban J connectivity index is 1.57. The highest BCUT2D eigenvalue weighted by atomic mass is 16.5. The number of amides is 2. The van der Waals surface area contributed by atoms with Crippen LogP contribution < -0.4 is 10.1 Å². The van der Waals surface area contributed by atoms with Crippen LogP contribution in [0.3, 0.4) is 0 Å². The zero-order valence-corrected chi connectivity index (χ0v) is 17.6. The zero-order chi connectivity index (χ0) is 21.8. The molecule has 1 fully saturated rings. The minimum atomic E-state index is -0.366. The van der Waals surface area contributed by atoms with E-state index in [1.807, 2.05) is 48.5 Å². The number of carbonyl (C=O) groups excluding carboxylic acids is 2. The van der Waals surface area contributed by atoms with E-state index in [0.717, 1.165) is 22.4 Å². The molecule has 0 saturated carbocycles. The van der Waals surface area contributed by atoms with Gasteiger partial charge in [0.15, 0.2) is 0 Å². The number of rotatable bonds is 5. The van der Waals surface area contributed by atoms with E-state index >= 15 is 0 Å². The second-order valence-corrected chi connectivity index (χ2v) is 7.66. The molecule has 1 aromatic heterocycles. The molecular weight excluding hydrogens is 394 g/mol. The molecule has 0 unspecified atom stereocenters. The van der Waals surface area contributed by atoms with Gasteiger partial charge in [-0.25, -0.2) is 0 Å². The van der Waals surface area contributed by atoms with Crippen molar-refractivity contribution < 1.29 is 18.8 Å². The predicted molar refractivity (Wildman–Crippen MR) is 116 cm³/mol. The summed E-state index contributed by atoms with van der Waals surface area (Å²) in [5.41, 5.74) is 3.82. The smallest absolute Gasteiger partial charge is 0.292 e. The van der Waals surface area contributed by atoms with Gasteiger partial charge in [-0.1, -0.05) is 41.6 Å². The first-order chi connectivity index (χ1) is 15.0. The van der Waals surface area contributed by atoms with E-state index in [4.69, 9.17) is 9.26 Å². The number of benzene rings is 2. The predicted octanol–water partition coefficient (Wildman–Crippen LogP) is 3.09. The Hall–Kier alpha value is -3.61. The van der Waals surface area contributed by atoms with Gasteiger partial charge in [-0.3, -0.25) is 9.59 Å². The van der Waals surface area contributed by atoms with Crippen molar-refractivity contribution in [1.82, 2.24) is 15.4 Å². The van der Waals surface area contributed by atoms with Gasteiger partial charge in [-0.05, 0) is 42.2 Å². The molecule has 1 N–H and O–H groups in total. The Kier molecular flexibility index (Phi) is 6.02. The van der Waals surface area contributed by atoms with Crippen molar-refractivity contribution in [3.63, 3.8) is 0 Å². The van der Waals surface area contributed by atoms with Crippen molar-refractivity contribution in [2.24, 2.45) is 5.92 Å². The number of aromatic nitrogens is 1. The number of nitrogens with zero attached hydrogens (tertiary/aromatic N) is 2. The minimum Gasteiger partial charge on any atom is -0.497 e. The van der Waals surface area contributed by atoms with E-state index in [-0.39, 0.29) is 23.5 Å². The number of hydrogen-bond donors (Lipinski definition) is 1. The summed E-state index contributed by atoms with van der Waals surface area (Å²) in [7, 11) is 1.64. The van der Waals surface area contributed by atoms with Crippen molar-refractivity contribution in [2.75, 3.05) is 26.7 Å². The Morgan fingerprint density at radius 2 is 2.00 bits per heavy atom. The summed E-state index contributed by atoms with van der Waals surface area (Å²) < 4.78 is 10.4. The SMILES string of the molecule is COc1ccc(-c2ccccc2C[C@@H]2CN(C(=O)c3cc(C)no3)CCNC2=O)cc1. The van der Waals surface area contributed by atoms with E-state index in [1.165, 1.54) is 0 Å². The normalized spacial score (nSPS) is 16.5. The van der Waals surface area contributed by atoms with Crippen LogP contribution in [-0.4, -0.2) is 48.6 Å². The Morgan fingerprint density at radius 3 is 2.71 bits per heavy atom. The fourth-order valence-corrected chi connectivity index (χ4v) is 3.88. The van der Waals surface area contributed by atoms with Gasteiger partial charge >= 0.3 is 0 Å². The average Bonchev–Trinajstić information content (AvgIpc) is 3.15. The number of aryl methyl sites for hydroxylation is 1. The van der Waals surface area contributed by atoms with E-state index in [1.54, 1.807) is 25.0 Å².